The number of fused-ring (bicyclic) bond motifs is 7. The van der Waals surface area contributed by atoms with Crippen LogP contribution in [0.1, 0.15) is 153 Å². The first-order valence-electron chi connectivity index (χ1n) is 19.0. The van der Waals surface area contributed by atoms with Crippen LogP contribution in [0.25, 0.3) is 43.9 Å². The van der Waals surface area contributed by atoms with E-state index in [2.05, 4.69) is 50.5 Å². The molecule has 0 amide bonds. The zero-order valence-corrected chi connectivity index (χ0v) is 29.0. The molecule has 0 unspecified atom stereocenters. The first-order chi connectivity index (χ1) is 22.8. The second kappa shape index (κ2) is 18.9. The van der Waals surface area contributed by atoms with Crippen molar-refractivity contribution in [3.05, 3.63) is 59.9 Å². The van der Waals surface area contributed by atoms with Gasteiger partial charge in [0.05, 0.1) is 33.1 Å². The Hall–Kier alpha value is -3.14. The highest BCUT2D eigenvalue weighted by Gasteiger charge is 2.16. The van der Waals surface area contributed by atoms with Gasteiger partial charge in [-0.05, 0) is 61.1 Å². The molecule has 3 heterocycles. The third-order valence-electron chi connectivity index (χ3n) is 9.83. The molecule has 0 N–H and O–H groups in total. The summed E-state index contributed by atoms with van der Waals surface area (Å²) in [5.74, 6) is 0. The zero-order valence-electron chi connectivity index (χ0n) is 29.0. The molecule has 0 saturated carbocycles. The van der Waals surface area contributed by atoms with Crippen LogP contribution in [-0.2, 0) is 12.8 Å². The molecule has 246 valence electrons. The van der Waals surface area contributed by atoms with Crippen molar-refractivity contribution in [2.45, 2.75) is 155 Å². The van der Waals surface area contributed by atoms with Crippen molar-refractivity contribution >= 4 is 43.9 Å². The van der Waals surface area contributed by atoms with Gasteiger partial charge in [0.25, 0.3) is 0 Å². The number of aromatic nitrogens is 4. The summed E-state index contributed by atoms with van der Waals surface area (Å²) in [4.78, 5) is 20.4. The molecular formula is C42H58N4. The van der Waals surface area contributed by atoms with Gasteiger partial charge < -0.3 is 0 Å². The molecule has 0 fully saturated rings. The predicted octanol–water partition coefficient (Wildman–Crippen LogP) is 12.8. The minimum absolute atomic E-state index is 0.935. The fraction of sp³-hybridized carbons (Fsp3) is 0.571. The molecule has 0 spiro atoms. The quantitative estimate of drug-likeness (QED) is 0.0440. The van der Waals surface area contributed by atoms with Crippen LogP contribution in [0.4, 0.5) is 0 Å². The van der Waals surface area contributed by atoms with Gasteiger partial charge in [-0.2, -0.15) is 0 Å². The Morgan fingerprint density at radius 1 is 0.413 bits per heavy atom. The molecule has 0 aliphatic rings. The number of aryl methyl sites for hydroxylation is 2. The highest BCUT2D eigenvalue weighted by Crippen LogP contribution is 2.33. The lowest BCUT2D eigenvalue weighted by molar-refractivity contribution is 0.556. The van der Waals surface area contributed by atoms with Gasteiger partial charge in [-0.1, -0.05) is 142 Å². The van der Waals surface area contributed by atoms with E-state index in [1.807, 2.05) is 12.1 Å². The van der Waals surface area contributed by atoms with Gasteiger partial charge >= 0.3 is 0 Å². The fourth-order valence-electron chi connectivity index (χ4n) is 7.04. The smallest absolute Gasteiger partial charge is 0.0996 e. The van der Waals surface area contributed by atoms with Crippen LogP contribution in [0.15, 0.2) is 48.8 Å². The van der Waals surface area contributed by atoms with E-state index in [-0.39, 0.29) is 0 Å². The van der Waals surface area contributed by atoms with E-state index in [1.54, 1.807) is 0 Å². The summed E-state index contributed by atoms with van der Waals surface area (Å²) < 4.78 is 0. The number of hydrogen-bond acceptors (Lipinski definition) is 4. The van der Waals surface area contributed by atoms with Crippen LogP contribution in [0.5, 0.6) is 0 Å². The summed E-state index contributed by atoms with van der Waals surface area (Å²) in [5.41, 5.74) is 8.26. The van der Waals surface area contributed by atoms with Crippen LogP contribution in [0.3, 0.4) is 0 Å². The topological polar surface area (TPSA) is 51.6 Å². The molecular weight excluding hydrogens is 560 g/mol. The van der Waals surface area contributed by atoms with E-state index in [0.717, 1.165) is 56.7 Å². The van der Waals surface area contributed by atoms with E-state index in [9.17, 15) is 0 Å². The Kier molecular flexibility index (Phi) is 14.0. The fourth-order valence-corrected chi connectivity index (χ4v) is 7.04. The van der Waals surface area contributed by atoms with Crippen molar-refractivity contribution in [3.8, 4) is 0 Å². The van der Waals surface area contributed by atoms with Crippen LogP contribution < -0.4 is 0 Å². The molecule has 46 heavy (non-hydrogen) atoms. The molecule has 0 atom stereocenters. The predicted molar refractivity (Wildman–Crippen MR) is 199 cm³/mol. The zero-order chi connectivity index (χ0) is 31.8. The van der Waals surface area contributed by atoms with Gasteiger partial charge in [0, 0.05) is 23.2 Å². The van der Waals surface area contributed by atoms with Crippen LogP contribution in [-0.4, -0.2) is 19.9 Å². The van der Waals surface area contributed by atoms with E-state index in [1.165, 1.54) is 140 Å². The number of nitrogens with zero attached hydrogens (tertiary/aromatic N) is 4. The normalized spacial score (nSPS) is 11.9. The van der Waals surface area contributed by atoms with Crippen molar-refractivity contribution in [1.82, 2.24) is 19.9 Å². The summed E-state index contributed by atoms with van der Waals surface area (Å²) in [6.07, 6.45) is 33.4. The van der Waals surface area contributed by atoms with Crippen molar-refractivity contribution in [3.63, 3.8) is 0 Å². The monoisotopic (exact) mass is 618 g/mol. The molecule has 0 aliphatic heterocycles. The Bertz CT molecular complexity index is 1520. The molecule has 3 aromatic heterocycles. The molecule has 5 aromatic rings. The lowest BCUT2D eigenvalue weighted by atomic mass is 10.00. The van der Waals surface area contributed by atoms with Crippen LogP contribution in [0, 0.1) is 0 Å². The maximum Gasteiger partial charge on any atom is 0.0996 e. The van der Waals surface area contributed by atoms with Crippen LogP contribution in [0.2, 0.25) is 0 Å². The summed E-state index contributed by atoms with van der Waals surface area (Å²) in [6, 6.07) is 12.9. The molecule has 0 aliphatic carbocycles. The number of pyridine rings is 2. The summed E-state index contributed by atoms with van der Waals surface area (Å²) in [6.45, 7) is 4.58. The lowest BCUT2D eigenvalue weighted by Gasteiger charge is -2.12. The number of benzene rings is 2. The van der Waals surface area contributed by atoms with Gasteiger partial charge in [0.15, 0.2) is 0 Å². The van der Waals surface area contributed by atoms with Crippen molar-refractivity contribution in [2.24, 2.45) is 0 Å². The second-order valence-corrected chi connectivity index (χ2v) is 13.8. The second-order valence-electron chi connectivity index (χ2n) is 13.8. The number of rotatable bonds is 22. The van der Waals surface area contributed by atoms with Gasteiger partial charge in [0.2, 0.25) is 0 Å². The van der Waals surface area contributed by atoms with E-state index in [0.29, 0.717) is 0 Å². The standard InChI is InChI=1S/C42H58N4/c1-3-5-7-9-11-13-15-17-19-21-25-33-29-35-39(43-31-33)40-36(42-41(35)45-37-27-23-24-28-38(37)46-42)30-34(32-44-40)26-22-20-18-16-14-12-10-8-6-4-2/h23-24,27-32H,3-22,25-26H2,1-2H3. The van der Waals surface area contributed by atoms with E-state index < -0.39 is 0 Å². The van der Waals surface area contributed by atoms with Gasteiger partial charge in [0.1, 0.15) is 0 Å². The number of unbranched alkanes of at least 4 members (excludes halogenated alkanes) is 18. The Morgan fingerprint density at radius 2 is 0.761 bits per heavy atom. The van der Waals surface area contributed by atoms with Crippen molar-refractivity contribution in [2.75, 3.05) is 0 Å². The van der Waals surface area contributed by atoms with Crippen molar-refractivity contribution < 1.29 is 0 Å². The Morgan fingerprint density at radius 3 is 1.13 bits per heavy atom. The van der Waals surface area contributed by atoms with Crippen molar-refractivity contribution in [1.29, 1.82) is 0 Å². The minimum atomic E-state index is 0.935. The lowest BCUT2D eigenvalue weighted by Crippen LogP contribution is -1.97. The molecule has 2 aromatic carbocycles. The third kappa shape index (κ3) is 9.69. The first kappa shape index (κ1) is 34.2. The average Bonchev–Trinajstić information content (AvgIpc) is 3.09. The maximum absolute atomic E-state index is 5.18. The van der Waals surface area contributed by atoms with Gasteiger partial charge in [-0.3, -0.25) is 9.97 Å². The summed E-state index contributed by atoms with van der Waals surface area (Å²) in [7, 11) is 0. The molecule has 0 bridgehead atoms. The highest BCUT2D eigenvalue weighted by atomic mass is 14.8. The SMILES string of the molecule is CCCCCCCCCCCCc1cnc2c(c1)c1nc3ccccc3nc1c1cc(CCCCCCCCCCCC)cnc12. The molecule has 4 heteroatoms. The first-order valence-corrected chi connectivity index (χ1v) is 19.0. The summed E-state index contributed by atoms with van der Waals surface area (Å²) in [5, 5.41) is 2.17. The average molecular weight is 619 g/mol. The Labute approximate surface area is 278 Å². The van der Waals surface area contributed by atoms with E-state index in [4.69, 9.17) is 19.9 Å². The van der Waals surface area contributed by atoms with Gasteiger partial charge in [-0.25, -0.2) is 9.97 Å². The molecule has 0 radical (unpaired) electrons. The number of hydrogen-bond donors (Lipinski definition) is 0. The summed E-state index contributed by atoms with van der Waals surface area (Å²) >= 11 is 0. The minimum Gasteiger partial charge on any atom is -0.254 e. The van der Waals surface area contributed by atoms with E-state index >= 15 is 0 Å². The van der Waals surface area contributed by atoms with Crippen LogP contribution >= 0.6 is 0 Å². The number of para-hydroxylation sites is 2. The molecule has 4 nitrogen and oxygen atoms in total. The maximum atomic E-state index is 5.18. The third-order valence-corrected chi connectivity index (χ3v) is 9.83. The Balaban J connectivity index is 1.26. The molecule has 0 saturated heterocycles. The van der Waals surface area contributed by atoms with Gasteiger partial charge in [-0.15, -0.1) is 0 Å². The molecule has 5 rings (SSSR count). The highest BCUT2D eigenvalue weighted by molar-refractivity contribution is 6.21. The largest absolute Gasteiger partial charge is 0.254 e.